The molecule has 1 nitrogen and oxygen atoms in total. The van der Waals surface area contributed by atoms with Crippen molar-refractivity contribution in [3.05, 3.63) is 22.9 Å². The Morgan fingerprint density at radius 1 is 1.55 bits per heavy atom. The van der Waals surface area contributed by atoms with Crippen LogP contribution in [0.2, 0.25) is 0 Å². The van der Waals surface area contributed by atoms with Crippen LogP contribution in [0.25, 0.3) is 0 Å². The molecule has 1 saturated heterocycles. The summed E-state index contributed by atoms with van der Waals surface area (Å²) in [5.74, 6) is 0.683. The number of rotatable bonds is 0. The highest BCUT2D eigenvalue weighted by atomic mass is 15.1. The van der Waals surface area contributed by atoms with Crippen LogP contribution in [0.15, 0.2) is 22.9 Å². The van der Waals surface area contributed by atoms with Crippen molar-refractivity contribution >= 4 is 0 Å². The highest BCUT2D eigenvalue weighted by molar-refractivity contribution is 5.45. The molecular weight excluding hydrogens is 134 g/mol. The third kappa shape index (κ3) is 0.834. The zero-order valence-corrected chi connectivity index (χ0v) is 7.52. The van der Waals surface area contributed by atoms with Gasteiger partial charge in [0.15, 0.2) is 0 Å². The van der Waals surface area contributed by atoms with E-state index in [4.69, 9.17) is 0 Å². The van der Waals surface area contributed by atoms with Gasteiger partial charge in [0.1, 0.15) is 0 Å². The van der Waals surface area contributed by atoms with Crippen LogP contribution in [-0.2, 0) is 0 Å². The Bertz CT molecular complexity index is 248. The van der Waals surface area contributed by atoms with Gasteiger partial charge in [-0.15, -0.1) is 0 Å². The van der Waals surface area contributed by atoms with Crippen LogP contribution in [-0.4, -0.2) is 18.5 Å². The van der Waals surface area contributed by atoms with Crippen molar-refractivity contribution in [2.45, 2.75) is 20.3 Å². The Morgan fingerprint density at radius 2 is 2.27 bits per heavy atom. The van der Waals surface area contributed by atoms with Gasteiger partial charge in [-0.3, -0.25) is 0 Å². The predicted octanol–water partition coefficient (Wildman–Crippen LogP) is 2.17. The second-order valence-electron chi connectivity index (χ2n) is 3.67. The fourth-order valence-corrected chi connectivity index (χ4v) is 2.02. The third-order valence-electron chi connectivity index (χ3n) is 2.98. The maximum absolute atomic E-state index is 2.39. The Balaban J connectivity index is 2.41. The van der Waals surface area contributed by atoms with Crippen molar-refractivity contribution in [2.75, 3.05) is 13.6 Å². The lowest BCUT2D eigenvalue weighted by Gasteiger charge is -2.10. The van der Waals surface area contributed by atoms with Gasteiger partial charge in [-0.2, -0.15) is 0 Å². The number of hydrogen-bond donors (Lipinski definition) is 0. The molecule has 60 valence electrons. The van der Waals surface area contributed by atoms with Crippen molar-refractivity contribution in [3.63, 3.8) is 0 Å². The van der Waals surface area contributed by atoms with Gasteiger partial charge in [0.25, 0.3) is 0 Å². The van der Waals surface area contributed by atoms with Crippen molar-refractivity contribution in [3.8, 4) is 0 Å². The molecule has 2 rings (SSSR count). The summed E-state index contributed by atoms with van der Waals surface area (Å²) in [7, 11) is 2.18. The summed E-state index contributed by atoms with van der Waals surface area (Å²) in [5, 5.41) is 0. The van der Waals surface area contributed by atoms with E-state index < -0.39 is 0 Å². The predicted molar refractivity (Wildman–Crippen MR) is 47.2 cm³/mol. The van der Waals surface area contributed by atoms with E-state index in [0.29, 0.717) is 5.92 Å². The Labute approximate surface area is 68.4 Å². The second kappa shape index (κ2) is 2.13. The summed E-state index contributed by atoms with van der Waals surface area (Å²) in [5.41, 5.74) is 4.69. The molecule has 0 aromatic heterocycles. The summed E-state index contributed by atoms with van der Waals surface area (Å²) < 4.78 is 0. The van der Waals surface area contributed by atoms with Crippen molar-refractivity contribution in [1.29, 1.82) is 0 Å². The highest BCUT2D eigenvalue weighted by Gasteiger charge is 2.27. The molecule has 1 aliphatic heterocycles. The zero-order valence-electron chi connectivity index (χ0n) is 7.52. The van der Waals surface area contributed by atoms with E-state index in [-0.39, 0.29) is 0 Å². The van der Waals surface area contributed by atoms with E-state index in [1.807, 2.05) is 0 Å². The average molecular weight is 149 g/mol. The Kier molecular flexibility index (Phi) is 1.35. The smallest absolute Gasteiger partial charge is 0.0362 e. The first-order chi connectivity index (χ1) is 5.20. The van der Waals surface area contributed by atoms with Gasteiger partial charge >= 0.3 is 0 Å². The van der Waals surface area contributed by atoms with E-state index in [9.17, 15) is 0 Å². The number of likely N-dealkylation sites (tertiary alicyclic amines) is 1. The summed E-state index contributed by atoms with van der Waals surface area (Å²) in [6.45, 7) is 5.76. The van der Waals surface area contributed by atoms with Gasteiger partial charge in [0, 0.05) is 19.3 Å². The number of fused-ring (bicyclic) bond motifs is 1. The molecule has 0 saturated carbocycles. The van der Waals surface area contributed by atoms with E-state index in [1.165, 1.54) is 18.7 Å². The fourth-order valence-electron chi connectivity index (χ4n) is 2.02. The number of likely N-dealkylation sites (N-methyl/N-ethyl adjacent to an activating group) is 1. The SMILES string of the molecule is CC1=C2CCN(C)C2=CC1C. The van der Waals surface area contributed by atoms with Crippen LogP contribution in [0.1, 0.15) is 20.3 Å². The van der Waals surface area contributed by atoms with Crippen LogP contribution >= 0.6 is 0 Å². The molecule has 0 aromatic rings. The van der Waals surface area contributed by atoms with Gasteiger partial charge in [-0.1, -0.05) is 18.6 Å². The lowest BCUT2D eigenvalue weighted by Crippen LogP contribution is -2.09. The third-order valence-corrected chi connectivity index (χ3v) is 2.98. The molecule has 0 spiro atoms. The minimum atomic E-state index is 0.683. The van der Waals surface area contributed by atoms with Gasteiger partial charge in [0.2, 0.25) is 0 Å². The first-order valence-electron chi connectivity index (χ1n) is 4.33. The second-order valence-corrected chi connectivity index (χ2v) is 3.67. The summed E-state index contributed by atoms with van der Waals surface area (Å²) >= 11 is 0. The van der Waals surface area contributed by atoms with Gasteiger partial charge in [-0.05, 0) is 24.8 Å². The molecule has 0 amide bonds. The van der Waals surface area contributed by atoms with E-state index in [0.717, 1.165) is 0 Å². The molecular formula is C10H15N. The molecule has 1 aliphatic carbocycles. The molecule has 11 heavy (non-hydrogen) atoms. The minimum Gasteiger partial charge on any atom is -0.374 e. The quantitative estimate of drug-likeness (QED) is 0.510. The molecule has 0 N–H and O–H groups in total. The van der Waals surface area contributed by atoms with Crippen LogP contribution in [0, 0.1) is 5.92 Å². The maximum atomic E-state index is 2.39. The van der Waals surface area contributed by atoms with Gasteiger partial charge in [0.05, 0.1) is 0 Å². The molecule has 1 heterocycles. The normalized spacial score (nSPS) is 29.5. The first kappa shape index (κ1) is 6.96. The van der Waals surface area contributed by atoms with Crippen LogP contribution in [0.4, 0.5) is 0 Å². The van der Waals surface area contributed by atoms with Crippen molar-refractivity contribution < 1.29 is 0 Å². The summed E-state index contributed by atoms with van der Waals surface area (Å²) in [6.07, 6.45) is 3.65. The van der Waals surface area contributed by atoms with E-state index >= 15 is 0 Å². The lowest BCUT2D eigenvalue weighted by atomic mass is 10.0. The fraction of sp³-hybridized carbons (Fsp3) is 0.600. The number of nitrogens with zero attached hydrogens (tertiary/aromatic N) is 1. The first-order valence-corrected chi connectivity index (χ1v) is 4.33. The number of allylic oxidation sites excluding steroid dienone is 3. The maximum Gasteiger partial charge on any atom is 0.0362 e. The van der Waals surface area contributed by atoms with Crippen LogP contribution in [0.3, 0.4) is 0 Å². The molecule has 1 heteroatoms. The van der Waals surface area contributed by atoms with Crippen LogP contribution in [0.5, 0.6) is 0 Å². The standard InChI is InChI=1S/C10H15N/c1-7-6-10-9(8(7)2)4-5-11(10)3/h6-7H,4-5H2,1-3H3. The van der Waals surface area contributed by atoms with Crippen molar-refractivity contribution in [2.24, 2.45) is 5.92 Å². The lowest BCUT2D eigenvalue weighted by molar-refractivity contribution is 0.479. The Morgan fingerprint density at radius 3 is 2.91 bits per heavy atom. The largest absolute Gasteiger partial charge is 0.374 e. The van der Waals surface area contributed by atoms with Gasteiger partial charge < -0.3 is 4.90 Å². The zero-order chi connectivity index (χ0) is 8.01. The molecule has 0 radical (unpaired) electrons. The molecule has 0 aromatic carbocycles. The molecule has 1 atom stereocenters. The topological polar surface area (TPSA) is 3.24 Å². The molecule has 1 fully saturated rings. The highest BCUT2D eigenvalue weighted by Crippen LogP contribution is 2.38. The minimum absolute atomic E-state index is 0.683. The van der Waals surface area contributed by atoms with Crippen molar-refractivity contribution in [1.82, 2.24) is 4.90 Å². The van der Waals surface area contributed by atoms with Gasteiger partial charge in [-0.25, -0.2) is 0 Å². The molecule has 0 bridgehead atoms. The van der Waals surface area contributed by atoms with E-state index in [2.05, 4.69) is 31.9 Å². The average Bonchev–Trinajstić information content (AvgIpc) is 2.43. The monoisotopic (exact) mass is 149 g/mol. The van der Waals surface area contributed by atoms with E-state index in [1.54, 1.807) is 11.1 Å². The molecule has 2 aliphatic rings. The number of hydrogen-bond acceptors (Lipinski definition) is 1. The van der Waals surface area contributed by atoms with Crippen LogP contribution < -0.4 is 0 Å². The molecule has 1 unspecified atom stereocenters. The Hall–Kier alpha value is -0.720. The summed E-state index contributed by atoms with van der Waals surface area (Å²) in [6, 6.07) is 0. The summed E-state index contributed by atoms with van der Waals surface area (Å²) in [4.78, 5) is 2.36.